The van der Waals surface area contributed by atoms with Gasteiger partial charge in [0.1, 0.15) is 5.58 Å². The van der Waals surface area contributed by atoms with Crippen molar-refractivity contribution < 1.29 is 9.21 Å². The average molecular weight is 258 g/mol. The molecule has 2 unspecified atom stereocenters. The maximum absolute atomic E-state index is 12.2. The van der Waals surface area contributed by atoms with E-state index in [2.05, 4.69) is 17.6 Å². The molecule has 4 heteroatoms. The molecule has 100 valence electrons. The number of rotatable bonds is 2. The van der Waals surface area contributed by atoms with Crippen molar-refractivity contribution >= 4 is 16.9 Å². The van der Waals surface area contributed by atoms with Crippen LogP contribution in [0.4, 0.5) is 0 Å². The number of nitrogens with one attached hydrogen (secondary N) is 2. The summed E-state index contributed by atoms with van der Waals surface area (Å²) in [7, 11) is 0. The fourth-order valence-corrected chi connectivity index (χ4v) is 2.52. The van der Waals surface area contributed by atoms with Crippen LogP contribution in [-0.2, 0) is 0 Å². The largest absolute Gasteiger partial charge is 0.451 e. The number of benzene rings is 1. The Labute approximate surface area is 112 Å². The van der Waals surface area contributed by atoms with Gasteiger partial charge in [-0.15, -0.1) is 0 Å². The van der Waals surface area contributed by atoms with Crippen LogP contribution in [0.2, 0.25) is 0 Å². The topological polar surface area (TPSA) is 54.3 Å². The third-order valence-corrected chi connectivity index (χ3v) is 3.73. The Kier molecular flexibility index (Phi) is 3.03. The summed E-state index contributed by atoms with van der Waals surface area (Å²) in [6, 6.07) is 7.90. The van der Waals surface area contributed by atoms with Crippen molar-refractivity contribution in [2.45, 2.75) is 19.9 Å². The van der Waals surface area contributed by atoms with Crippen LogP contribution in [0, 0.1) is 12.8 Å². The lowest BCUT2D eigenvalue weighted by atomic mass is 10.1. The third-order valence-electron chi connectivity index (χ3n) is 3.73. The van der Waals surface area contributed by atoms with Gasteiger partial charge in [-0.25, -0.2) is 0 Å². The van der Waals surface area contributed by atoms with E-state index < -0.39 is 0 Å². The highest BCUT2D eigenvalue weighted by atomic mass is 16.3. The lowest BCUT2D eigenvalue weighted by molar-refractivity contribution is 0.0907. The molecule has 1 saturated heterocycles. The minimum absolute atomic E-state index is 0.130. The van der Waals surface area contributed by atoms with E-state index in [1.165, 1.54) is 0 Å². The number of carbonyl (C=O) groups is 1. The predicted molar refractivity (Wildman–Crippen MR) is 74.2 cm³/mol. The molecule has 0 bridgehead atoms. The van der Waals surface area contributed by atoms with Crippen molar-refractivity contribution in [3.8, 4) is 0 Å². The van der Waals surface area contributed by atoms with Gasteiger partial charge in [0.2, 0.25) is 0 Å². The number of amides is 1. The number of aryl methyl sites for hydroxylation is 1. The van der Waals surface area contributed by atoms with Crippen LogP contribution in [0.25, 0.3) is 11.0 Å². The fourth-order valence-electron chi connectivity index (χ4n) is 2.52. The second-order valence-corrected chi connectivity index (χ2v) is 5.37. The molecule has 0 aliphatic carbocycles. The maximum atomic E-state index is 12.2. The molecule has 2 atom stereocenters. The lowest BCUT2D eigenvalue weighted by Crippen LogP contribution is -2.39. The Hall–Kier alpha value is -1.81. The highest BCUT2D eigenvalue weighted by molar-refractivity contribution is 5.96. The number of hydrogen-bond donors (Lipinski definition) is 2. The summed E-state index contributed by atoms with van der Waals surface area (Å²) in [6.45, 7) is 5.93. The van der Waals surface area contributed by atoms with Gasteiger partial charge in [0, 0.05) is 18.0 Å². The summed E-state index contributed by atoms with van der Waals surface area (Å²) in [5, 5.41) is 7.27. The van der Waals surface area contributed by atoms with Crippen LogP contribution < -0.4 is 10.6 Å². The predicted octanol–water partition coefficient (Wildman–Crippen LogP) is 2.08. The van der Waals surface area contributed by atoms with E-state index in [4.69, 9.17) is 4.42 Å². The lowest BCUT2D eigenvalue weighted by Gasteiger charge is -2.14. The second-order valence-electron chi connectivity index (χ2n) is 5.37. The molecule has 1 aromatic carbocycles. The molecular formula is C15H18N2O2. The molecule has 2 aromatic rings. The van der Waals surface area contributed by atoms with Gasteiger partial charge in [0.05, 0.1) is 0 Å². The van der Waals surface area contributed by atoms with E-state index in [1.54, 1.807) is 0 Å². The van der Waals surface area contributed by atoms with E-state index >= 15 is 0 Å². The summed E-state index contributed by atoms with van der Waals surface area (Å²) in [5.74, 6) is 0.713. The van der Waals surface area contributed by atoms with Crippen molar-refractivity contribution in [2.75, 3.05) is 13.1 Å². The third kappa shape index (κ3) is 2.36. The van der Waals surface area contributed by atoms with Crippen LogP contribution in [0.15, 0.2) is 28.7 Å². The van der Waals surface area contributed by atoms with Crippen molar-refractivity contribution in [3.05, 3.63) is 35.6 Å². The van der Waals surface area contributed by atoms with E-state index in [0.29, 0.717) is 11.7 Å². The van der Waals surface area contributed by atoms with Gasteiger partial charge in [0.25, 0.3) is 5.91 Å². The number of furan rings is 1. The summed E-state index contributed by atoms with van der Waals surface area (Å²) >= 11 is 0. The quantitative estimate of drug-likeness (QED) is 0.867. The van der Waals surface area contributed by atoms with Crippen LogP contribution in [0.3, 0.4) is 0 Å². The van der Waals surface area contributed by atoms with Crippen molar-refractivity contribution in [1.29, 1.82) is 0 Å². The highest BCUT2D eigenvalue weighted by Crippen LogP contribution is 2.21. The van der Waals surface area contributed by atoms with E-state index in [1.807, 2.05) is 31.2 Å². The zero-order valence-electron chi connectivity index (χ0n) is 11.2. The van der Waals surface area contributed by atoms with Gasteiger partial charge in [0.15, 0.2) is 5.76 Å². The van der Waals surface area contributed by atoms with Gasteiger partial charge in [-0.1, -0.05) is 18.6 Å². The smallest absolute Gasteiger partial charge is 0.287 e. The molecule has 19 heavy (non-hydrogen) atoms. The molecule has 1 fully saturated rings. The molecule has 0 radical (unpaired) electrons. The first kappa shape index (κ1) is 12.2. The van der Waals surface area contributed by atoms with Gasteiger partial charge < -0.3 is 15.1 Å². The first-order valence-electron chi connectivity index (χ1n) is 6.65. The minimum Gasteiger partial charge on any atom is -0.451 e. The van der Waals surface area contributed by atoms with Crippen molar-refractivity contribution in [1.82, 2.24) is 10.6 Å². The van der Waals surface area contributed by atoms with Gasteiger partial charge in [-0.3, -0.25) is 4.79 Å². The first-order chi connectivity index (χ1) is 9.13. The molecule has 0 spiro atoms. The SMILES string of the molecule is Cc1ccc2oc(C(=O)NC3CNCC3C)cc2c1. The van der Waals surface area contributed by atoms with Crippen molar-refractivity contribution in [2.24, 2.45) is 5.92 Å². The number of hydrogen-bond acceptors (Lipinski definition) is 3. The van der Waals surface area contributed by atoms with E-state index in [9.17, 15) is 4.79 Å². The standard InChI is InChI=1S/C15H18N2O2/c1-9-3-4-13-11(5-9)6-14(19-13)15(18)17-12-8-16-7-10(12)2/h3-6,10,12,16H,7-8H2,1-2H3,(H,17,18). The second kappa shape index (κ2) is 4.70. The van der Waals surface area contributed by atoms with Gasteiger partial charge in [-0.2, -0.15) is 0 Å². The molecule has 2 N–H and O–H groups in total. The molecular weight excluding hydrogens is 240 g/mol. The molecule has 2 heterocycles. The molecule has 4 nitrogen and oxygen atoms in total. The van der Waals surface area contributed by atoms with Crippen LogP contribution in [0.1, 0.15) is 23.0 Å². The molecule has 1 amide bonds. The van der Waals surface area contributed by atoms with E-state index in [0.717, 1.165) is 29.6 Å². The zero-order chi connectivity index (χ0) is 13.4. The molecule has 1 aliphatic rings. The van der Waals surface area contributed by atoms with Crippen LogP contribution in [-0.4, -0.2) is 25.0 Å². The maximum Gasteiger partial charge on any atom is 0.287 e. The van der Waals surface area contributed by atoms with Crippen molar-refractivity contribution in [3.63, 3.8) is 0 Å². The number of fused-ring (bicyclic) bond motifs is 1. The first-order valence-corrected chi connectivity index (χ1v) is 6.65. The fraction of sp³-hybridized carbons (Fsp3) is 0.400. The Balaban J connectivity index is 1.81. The molecule has 0 saturated carbocycles. The Morgan fingerprint density at radius 3 is 2.95 bits per heavy atom. The average Bonchev–Trinajstić information content (AvgIpc) is 2.96. The zero-order valence-corrected chi connectivity index (χ0v) is 11.2. The Morgan fingerprint density at radius 2 is 2.21 bits per heavy atom. The monoisotopic (exact) mass is 258 g/mol. The number of carbonyl (C=O) groups excluding carboxylic acids is 1. The normalized spacial score (nSPS) is 22.8. The Bertz CT molecular complexity index is 618. The summed E-state index contributed by atoms with van der Waals surface area (Å²) in [5.41, 5.74) is 1.92. The molecule has 3 rings (SSSR count). The minimum atomic E-state index is -0.130. The molecule has 1 aliphatic heterocycles. The van der Waals surface area contributed by atoms with Gasteiger partial charge in [-0.05, 0) is 37.6 Å². The Morgan fingerprint density at radius 1 is 1.37 bits per heavy atom. The highest BCUT2D eigenvalue weighted by Gasteiger charge is 2.25. The van der Waals surface area contributed by atoms with Crippen LogP contribution in [0.5, 0.6) is 0 Å². The summed E-state index contributed by atoms with van der Waals surface area (Å²) in [6.07, 6.45) is 0. The summed E-state index contributed by atoms with van der Waals surface area (Å²) in [4.78, 5) is 12.2. The molecule has 1 aromatic heterocycles. The van der Waals surface area contributed by atoms with Crippen LogP contribution >= 0.6 is 0 Å². The van der Waals surface area contributed by atoms with E-state index in [-0.39, 0.29) is 11.9 Å². The van der Waals surface area contributed by atoms with Gasteiger partial charge >= 0.3 is 0 Å². The summed E-state index contributed by atoms with van der Waals surface area (Å²) < 4.78 is 5.60.